The molecule has 1 saturated heterocycles. The molecular weight excluding hydrogens is 288 g/mol. The molecule has 0 spiro atoms. The van der Waals surface area contributed by atoms with Crippen molar-refractivity contribution in [2.45, 2.75) is 63.0 Å². The third-order valence-corrected chi connectivity index (χ3v) is 5.26. The number of para-hydroxylation sites is 1. The smallest absolute Gasteiger partial charge is 0.223 e. The van der Waals surface area contributed by atoms with Gasteiger partial charge in [0.25, 0.3) is 0 Å². The highest BCUT2D eigenvalue weighted by Crippen LogP contribution is 2.30. The lowest BCUT2D eigenvalue weighted by molar-refractivity contribution is -0.128. The molecule has 2 aliphatic rings. The number of amides is 1. The Bertz CT molecular complexity index is 503. The van der Waals surface area contributed by atoms with Gasteiger partial charge in [0.1, 0.15) is 0 Å². The van der Waals surface area contributed by atoms with E-state index < -0.39 is 5.60 Å². The molecule has 3 rings (SSSR count). The topological polar surface area (TPSA) is 52.6 Å². The fraction of sp³-hybridized carbons (Fsp3) is 0.632. The molecule has 1 aromatic rings. The van der Waals surface area contributed by atoms with Crippen LogP contribution in [0.1, 0.15) is 51.4 Å². The van der Waals surface area contributed by atoms with Crippen LogP contribution in [-0.2, 0) is 4.79 Å². The third kappa shape index (κ3) is 4.47. The van der Waals surface area contributed by atoms with E-state index in [-0.39, 0.29) is 18.4 Å². The van der Waals surface area contributed by atoms with Crippen molar-refractivity contribution >= 4 is 11.6 Å². The summed E-state index contributed by atoms with van der Waals surface area (Å²) in [6.07, 6.45) is 7.02. The molecule has 1 aromatic carbocycles. The third-order valence-electron chi connectivity index (χ3n) is 5.26. The van der Waals surface area contributed by atoms with Gasteiger partial charge in [-0.3, -0.25) is 4.79 Å². The molecule has 1 aliphatic carbocycles. The Morgan fingerprint density at radius 2 is 1.78 bits per heavy atom. The van der Waals surface area contributed by atoms with Crippen molar-refractivity contribution in [3.05, 3.63) is 30.3 Å². The van der Waals surface area contributed by atoms with E-state index >= 15 is 0 Å². The Labute approximate surface area is 138 Å². The summed E-state index contributed by atoms with van der Waals surface area (Å²) in [5, 5.41) is 13.6. The van der Waals surface area contributed by atoms with Crippen LogP contribution in [0.5, 0.6) is 0 Å². The van der Waals surface area contributed by atoms with Crippen molar-refractivity contribution < 1.29 is 9.90 Å². The van der Waals surface area contributed by atoms with E-state index in [4.69, 9.17) is 0 Å². The van der Waals surface area contributed by atoms with Crippen molar-refractivity contribution in [1.82, 2.24) is 5.32 Å². The van der Waals surface area contributed by atoms with Crippen LogP contribution < -0.4 is 10.2 Å². The van der Waals surface area contributed by atoms with E-state index in [2.05, 4.69) is 34.5 Å². The molecule has 126 valence electrons. The molecule has 1 heterocycles. The van der Waals surface area contributed by atoms with E-state index in [9.17, 15) is 9.90 Å². The van der Waals surface area contributed by atoms with E-state index in [0.29, 0.717) is 0 Å². The second-order valence-electron chi connectivity index (χ2n) is 7.13. The summed E-state index contributed by atoms with van der Waals surface area (Å²) in [5.41, 5.74) is 0.501. The van der Waals surface area contributed by atoms with Crippen LogP contribution in [0.3, 0.4) is 0 Å². The molecule has 4 heteroatoms. The first-order valence-electron chi connectivity index (χ1n) is 8.96. The number of anilines is 1. The normalized spacial score (nSPS) is 21.9. The SMILES string of the molecule is O=C(CC1(O)CCCCC1)NC1CCN(c2ccccc2)CC1. The molecule has 2 fully saturated rings. The minimum atomic E-state index is -0.757. The van der Waals surface area contributed by atoms with E-state index in [0.717, 1.165) is 51.6 Å². The number of carbonyl (C=O) groups is 1. The maximum Gasteiger partial charge on any atom is 0.223 e. The van der Waals surface area contributed by atoms with Crippen LogP contribution in [0.15, 0.2) is 30.3 Å². The monoisotopic (exact) mass is 316 g/mol. The number of hydrogen-bond donors (Lipinski definition) is 2. The zero-order valence-corrected chi connectivity index (χ0v) is 13.8. The Morgan fingerprint density at radius 3 is 2.43 bits per heavy atom. The number of piperidine rings is 1. The van der Waals surface area contributed by atoms with Crippen LogP contribution in [0.4, 0.5) is 5.69 Å². The van der Waals surface area contributed by atoms with Gasteiger partial charge in [-0.15, -0.1) is 0 Å². The van der Waals surface area contributed by atoms with Crippen molar-refractivity contribution in [2.24, 2.45) is 0 Å². The van der Waals surface area contributed by atoms with Gasteiger partial charge in [-0.1, -0.05) is 37.5 Å². The van der Waals surface area contributed by atoms with Gasteiger partial charge in [-0.05, 0) is 37.8 Å². The molecule has 4 nitrogen and oxygen atoms in total. The molecule has 0 aromatic heterocycles. The summed E-state index contributed by atoms with van der Waals surface area (Å²) in [6, 6.07) is 10.7. The predicted molar refractivity (Wildman–Crippen MR) is 92.5 cm³/mol. The zero-order chi connectivity index (χ0) is 16.1. The molecule has 0 radical (unpaired) electrons. The summed E-state index contributed by atoms with van der Waals surface area (Å²) < 4.78 is 0. The molecule has 0 bridgehead atoms. The van der Waals surface area contributed by atoms with Gasteiger partial charge in [-0.2, -0.15) is 0 Å². The van der Waals surface area contributed by atoms with Crippen molar-refractivity contribution in [1.29, 1.82) is 0 Å². The average molecular weight is 316 g/mol. The fourth-order valence-corrected chi connectivity index (χ4v) is 3.89. The highest BCUT2D eigenvalue weighted by molar-refractivity contribution is 5.77. The second-order valence-corrected chi connectivity index (χ2v) is 7.13. The number of rotatable bonds is 4. The van der Waals surface area contributed by atoms with Gasteiger partial charge >= 0.3 is 0 Å². The predicted octanol–water partition coefficient (Wildman–Crippen LogP) is 2.86. The van der Waals surface area contributed by atoms with Crippen LogP contribution >= 0.6 is 0 Å². The minimum absolute atomic E-state index is 0.0209. The zero-order valence-electron chi connectivity index (χ0n) is 13.8. The standard InChI is InChI=1S/C19H28N2O2/c22-18(15-19(23)11-5-2-6-12-19)20-16-9-13-21(14-10-16)17-7-3-1-4-8-17/h1,3-4,7-8,16,23H,2,5-6,9-15H2,(H,20,22). The van der Waals surface area contributed by atoms with Crippen LogP contribution in [0.2, 0.25) is 0 Å². The molecular formula is C19H28N2O2. The number of hydrogen-bond acceptors (Lipinski definition) is 3. The second kappa shape index (κ2) is 7.35. The maximum absolute atomic E-state index is 12.3. The van der Waals surface area contributed by atoms with Crippen molar-refractivity contribution in [3.63, 3.8) is 0 Å². The summed E-state index contributed by atoms with van der Waals surface area (Å²) in [7, 11) is 0. The highest BCUT2D eigenvalue weighted by Gasteiger charge is 2.32. The molecule has 0 atom stereocenters. The lowest BCUT2D eigenvalue weighted by atomic mass is 9.82. The lowest BCUT2D eigenvalue weighted by Gasteiger charge is -2.35. The summed E-state index contributed by atoms with van der Waals surface area (Å²) in [5.74, 6) is 0.0209. The van der Waals surface area contributed by atoms with Gasteiger partial charge in [0.2, 0.25) is 5.91 Å². The number of benzene rings is 1. The quantitative estimate of drug-likeness (QED) is 0.898. The Kier molecular flexibility index (Phi) is 5.21. The van der Waals surface area contributed by atoms with Crippen molar-refractivity contribution in [2.75, 3.05) is 18.0 Å². The molecule has 2 N–H and O–H groups in total. The average Bonchev–Trinajstić information content (AvgIpc) is 2.56. The number of aliphatic hydroxyl groups is 1. The largest absolute Gasteiger partial charge is 0.389 e. The summed E-state index contributed by atoms with van der Waals surface area (Å²) in [6.45, 7) is 1.94. The van der Waals surface area contributed by atoms with Crippen molar-refractivity contribution in [3.8, 4) is 0 Å². The number of nitrogens with one attached hydrogen (secondary N) is 1. The van der Waals surface area contributed by atoms with E-state index in [1.807, 2.05) is 6.07 Å². The maximum atomic E-state index is 12.3. The van der Waals surface area contributed by atoms with Gasteiger partial charge in [0, 0.05) is 24.8 Å². The van der Waals surface area contributed by atoms with Gasteiger partial charge in [0.15, 0.2) is 0 Å². The Balaban J connectivity index is 1.44. The molecule has 1 amide bonds. The van der Waals surface area contributed by atoms with Gasteiger partial charge < -0.3 is 15.3 Å². The van der Waals surface area contributed by atoms with Crippen LogP contribution in [-0.4, -0.2) is 35.7 Å². The minimum Gasteiger partial charge on any atom is -0.389 e. The van der Waals surface area contributed by atoms with Gasteiger partial charge in [0.05, 0.1) is 12.0 Å². The molecule has 1 saturated carbocycles. The fourth-order valence-electron chi connectivity index (χ4n) is 3.89. The summed E-state index contributed by atoms with van der Waals surface area (Å²) in [4.78, 5) is 14.6. The first-order chi connectivity index (χ1) is 11.1. The molecule has 0 unspecified atom stereocenters. The van der Waals surface area contributed by atoms with Gasteiger partial charge in [-0.25, -0.2) is 0 Å². The molecule has 23 heavy (non-hydrogen) atoms. The molecule has 1 aliphatic heterocycles. The Morgan fingerprint density at radius 1 is 1.13 bits per heavy atom. The Hall–Kier alpha value is -1.55. The lowest BCUT2D eigenvalue weighted by Crippen LogP contribution is -2.47. The summed E-state index contributed by atoms with van der Waals surface area (Å²) >= 11 is 0. The first kappa shape index (κ1) is 16.3. The van der Waals surface area contributed by atoms with Crippen LogP contribution in [0.25, 0.3) is 0 Å². The highest BCUT2D eigenvalue weighted by atomic mass is 16.3. The van der Waals surface area contributed by atoms with E-state index in [1.54, 1.807) is 0 Å². The van der Waals surface area contributed by atoms with Crippen LogP contribution in [0, 0.1) is 0 Å². The number of nitrogens with zero attached hydrogens (tertiary/aromatic N) is 1. The number of carbonyl (C=O) groups excluding carboxylic acids is 1. The van der Waals surface area contributed by atoms with E-state index in [1.165, 1.54) is 12.1 Å². The first-order valence-corrected chi connectivity index (χ1v) is 8.96.